The first kappa shape index (κ1) is 15.9. The quantitative estimate of drug-likeness (QED) is 0.812. The van der Waals surface area contributed by atoms with E-state index in [1.165, 1.54) is 0 Å². The molecule has 1 aromatic carbocycles. The molecule has 0 fully saturated rings. The third-order valence-corrected chi connectivity index (χ3v) is 4.31. The van der Waals surface area contributed by atoms with Crippen LogP contribution in [0, 0.1) is 0 Å². The smallest absolute Gasteiger partial charge is 0.119 e. The van der Waals surface area contributed by atoms with Gasteiger partial charge in [-0.1, -0.05) is 18.2 Å². The van der Waals surface area contributed by atoms with Gasteiger partial charge >= 0.3 is 0 Å². The van der Waals surface area contributed by atoms with Gasteiger partial charge in [0.15, 0.2) is 0 Å². The Balaban J connectivity index is 2.93. The molecule has 0 radical (unpaired) electrons. The molecule has 1 N–H and O–H groups in total. The molecule has 0 aliphatic carbocycles. The lowest BCUT2D eigenvalue weighted by Crippen LogP contribution is -2.35. The van der Waals surface area contributed by atoms with Crippen molar-refractivity contribution in [2.75, 3.05) is 7.11 Å². The van der Waals surface area contributed by atoms with Gasteiger partial charge in [-0.15, -0.1) is 6.58 Å². The minimum Gasteiger partial charge on any atom is -0.497 e. The van der Waals surface area contributed by atoms with Gasteiger partial charge in [0.1, 0.15) is 5.75 Å². The zero-order chi connectivity index (χ0) is 14.5. The summed E-state index contributed by atoms with van der Waals surface area (Å²) in [4.78, 5) is 0. The summed E-state index contributed by atoms with van der Waals surface area (Å²) >= 11 is 0. The second-order valence-corrected chi connectivity index (χ2v) is 7.35. The molecule has 1 unspecified atom stereocenters. The first-order chi connectivity index (χ1) is 8.88. The molecule has 0 aliphatic rings. The highest BCUT2D eigenvalue weighted by Gasteiger charge is 2.23. The summed E-state index contributed by atoms with van der Waals surface area (Å²) in [5, 5.41) is 0. The maximum atomic E-state index is 12.2. The maximum absolute atomic E-state index is 12.2. The first-order valence-corrected chi connectivity index (χ1v) is 7.46. The van der Waals surface area contributed by atoms with Crippen LogP contribution in [0.15, 0.2) is 36.9 Å². The van der Waals surface area contributed by atoms with E-state index in [9.17, 15) is 4.21 Å². The third kappa shape index (κ3) is 4.80. The molecule has 19 heavy (non-hydrogen) atoms. The Morgan fingerprint density at radius 2 is 2.16 bits per heavy atom. The summed E-state index contributed by atoms with van der Waals surface area (Å²) < 4.78 is 20.3. The van der Waals surface area contributed by atoms with Crippen molar-refractivity contribution in [2.24, 2.45) is 0 Å². The van der Waals surface area contributed by atoms with Gasteiger partial charge in [-0.25, -0.2) is 8.93 Å². The van der Waals surface area contributed by atoms with Crippen molar-refractivity contribution in [1.82, 2.24) is 4.72 Å². The molecule has 0 aliphatic heterocycles. The standard InChI is InChI=1S/C15H23NO2S/c1-6-8-14(16-19(17)15(2,3)4)12-9-7-10-13(11-12)18-5/h6-7,9-11,14,16H,1,8H2,2-5H3/t14-,19?/m0/s1. The average Bonchev–Trinajstić information content (AvgIpc) is 2.37. The molecule has 106 valence electrons. The molecular weight excluding hydrogens is 258 g/mol. The Morgan fingerprint density at radius 1 is 1.47 bits per heavy atom. The Kier molecular flexibility index (Phi) is 5.76. The van der Waals surface area contributed by atoms with E-state index in [0.29, 0.717) is 0 Å². The second-order valence-electron chi connectivity index (χ2n) is 5.35. The molecule has 0 bridgehead atoms. The molecule has 0 aromatic heterocycles. The van der Waals surface area contributed by atoms with Gasteiger partial charge in [-0.05, 0) is 44.9 Å². The number of hydrogen-bond acceptors (Lipinski definition) is 2. The van der Waals surface area contributed by atoms with Crippen molar-refractivity contribution < 1.29 is 8.95 Å². The van der Waals surface area contributed by atoms with E-state index in [-0.39, 0.29) is 10.8 Å². The molecule has 0 saturated heterocycles. The van der Waals surface area contributed by atoms with E-state index in [1.807, 2.05) is 51.1 Å². The van der Waals surface area contributed by atoms with E-state index >= 15 is 0 Å². The van der Waals surface area contributed by atoms with Crippen LogP contribution in [0.5, 0.6) is 5.75 Å². The zero-order valence-electron chi connectivity index (χ0n) is 12.1. The lowest BCUT2D eigenvalue weighted by atomic mass is 10.0. The molecule has 4 heteroatoms. The van der Waals surface area contributed by atoms with Crippen LogP contribution < -0.4 is 9.46 Å². The predicted molar refractivity (Wildman–Crippen MR) is 81.6 cm³/mol. The van der Waals surface area contributed by atoms with Crippen LogP contribution in [0.4, 0.5) is 0 Å². The predicted octanol–water partition coefficient (Wildman–Crippen LogP) is 3.36. The Labute approximate surface area is 118 Å². The zero-order valence-corrected chi connectivity index (χ0v) is 12.9. The normalized spacial score (nSPS) is 14.7. The lowest BCUT2D eigenvalue weighted by molar-refractivity contribution is 0.413. The molecule has 0 saturated carbocycles. The second kappa shape index (κ2) is 6.87. The molecular formula is C15H23NO2S. The number of benzene rings is 1. The van der Waals surface area contributed by atoms with Gasteiger partial charge in [0, 0.05) is 6.04 Å². The van der Waals surface area contributed by atoms with Crippen molar-refractivity contribution in [3.05, 3.63) is 42.5 Å². The lowest BCUT2D eigenvalue weighted by Gasteiger charge is -2.24. The topological polar surface area (TPSA) is 38.3 Å². The average molecular weight is 281 g/mol. The van der Waals surface area contributed by atoms with Gasteiger partial charge in [0.25, 0.3) is 0 Å². The van der Waals surface area contributed by atoms with Crippen LogP contribution >= 0.6 is 0 Å². The van der Waals surface area contributed by atoms with E-state index in [4.69, 9.17) is 4.74 Å². The van der Waals surface area contributed by atoms with Crippen LogP contribution in [-0.2, 0) is 11.0 Å². The van der Waals surface area contributed by atoms with E-state index in [0.717, 1.165) is 17.7 Å². The fraction of sp³-hybridized carbons (Fsp3) is 0.467. The summed E-state index contributed by atoms with van der Waals surface area (Å²) in [5.74, 6) is 0.801. The minimum atomic E-state index is -1.12. The van der Waals surface area contributed by atoms with E-state index in [2.05, 4.69) is 11.3 Å². The Morgan fingerprint density at radius 3 is 2.68 bits per heavy atom. The van der Waals surface area contributed by atoms with Crippen LogP contribution in [0.2, 0.25) is 0 Å². The van der Waals surface area contributed by atoms with Crippen molar-refractivity contribution in [3.8, 4) is 5.75 Å². The van der Waals surface area contributed by atoms with E-state index < -0.39 is 11.0 Å². The summed E-state index contributed by atoms with van der Waals surface area (Å²) in [5.41, 5.74) is 1.05. The largest absolute Gasteiger partial charge is 0.497 e. The number of hydrogen-bond donors (Lipinski definition) is 1. The minimum absolute atomic E-state index is 0.0207. The SMILES string of the molecule is C=CC[C@H](NS(=O)C(C)(C)C)c1cccc(OC)c1. The Hall–Kier alpha value is -1.13. The van der Waals surface area contributed by atoms with Gasteiger partial charge in [-0.2, -0.15) is 0 Å². The van der Waals surface area contributed by atoms with Gasteiger partial charge in [0.2, 0.25) is 0 Å². The molecule has 0 amide bonds. The van der Waals surface area contributed by atoms with Crippen molar-refractivity contribution in [1.29, 1.82) is 0 Å². The van der Waals surface area contributed by atoms with Crippen LogP contribution in [0.25, 0.3) is 0 Å². The highest BCUT2D eigenvalue weighted by atomic mass is 32.2. The highest BCUT2D eigenvalue weighted by Crippen LogP contribution is 2.24. The molecule has 1 aromatic rings. The Bertz CT molecular complexity index is 452. The van der Waals surface area contributed by atoms with Gasteiger partial charge in [0.05, 0.1) is 22.8 Å². The van der Waals surface area contributed by atoms with Gasteiger partial charge in [-0.3, -0.25) is 0 Å². The summed E-state index contributed by atoms with van der Waals surface area (Å²) in [6.07, 6.45) is 2.55. The van der Waals surface area contributed by atoms with Gasteiger partial charge < -0.3 is 4.74 Å². The molecule has 3 nitrogen and oxygen atoms in total. The highest BCUT2D eigenvalue weighted by molar-refractivity contribution is 7.84. The van der Waals surface area contributed by atoms with Crippen molar-refractivity contribution in [3.63, 3.8) is 0 Å². The number of ether oxygens (including phenoxy) is 1. The number of rotatable bonds is 6. The van der Waals surface area contributed by atoms with Crippen molar-refractivity contribution >= 4 is 11.0 Å². The van der Waals surface area contributed by atoms with Crippen LogP contribution in [0.3, 0.4) is 0 Å². The first-order valence-electron chi connectivity index (χ1n) is 6.31. The number of methoxy groups -OCH3 is 1. The van der Waals surface area contributed by atoms with Crippen LogP contribution in [-0.4, -0.2) is 16.1 Å². The molecule has 0 heterocycles. The summed E-state index contributed by atoms with van der Waals surface area (Å²) in [6.45, 7) is 9.62. The molecule has 1 rings (SSSR count). The molecule has 0 spiro atoms. The van der Waals surface area contributed by atoms with Crippen molar-refractivity contribution in [2.45, 2.75) is 38.0 Å². The number of nitrogens with one attached hydrogen (secondary N) is 1. The maximum Gasteiger partial charge on any atom is 0.119 e. The fourth-order valence-electron chi connectivity index (χ4n) is 1.58. The molecule has 2 atom stereocenters. The summed E-state index contributed by atoms with van der Waals surface area (Å²) in [6, 6.07) is 7.78. The van der Waals surface area contributed by atoms with E-state index in [1.54, 1.807) is 7.11 Å². The summed E-state index contributed by atoms with van der Waals surface area (Å²) in [7, 11) is 0.525. The third-order valence-electron chi connectivity index (χ3n) is 2.70. The monoisotopic (exact) mass is 281 g/mol. The van der Waals surface area contributed by atoms with Crippen LogP contribution in [0.1, 0.15) is 38.8 Å². The fourth-order valence-corrected chi connectivity index (χ4v) is 2.43.